The first-order valence-electron chi connectivity index (χ1n) is 6.68. The van der Waals surface area contributed by atoms with Crippen molar-refractivity contribution in [3.8, 4) is 5.75 Å². The number of amides is 1. The van der Waals surface area contributed by atoms with E-state index in [-0.39, 0.29) is 12.4 Å². The number of benzene rings is 1. The third-order valence-electron chi connectivity index (χ3n) is 3.43. The van der Waals surface area contributed by atoms with Gasteiger partial charge in [0.25, 0.3) is 0 Å². The Morgan fingerprint density at radius 1 is 1.38 bits per heavy atom. The number of fused-ring (bicyclic) bond motifs is 1. The molecule has 112 valence electrons. The van der Waals surface area contributed by atoms with Gasteiger partial charge < -0.3 is 14.4 Å². The minimum Gasteiger partial charge on any atom is -0.465 e. The predicted molar refractivity (Wildman–Crippen MR) is 73.8 cm³/mol. The molecule has 1 aromatic rings. The monoisotopic (exact) mass is 291 g/mol. The van der Waals surface area contributed by atoms with Crippen molar-refractivity contribution in [2.24, 2.45) is 5.92 Å². The molecular weight excluding hydrogens is 274 g/mol. The Hall–Kier alpha value is -2.37. The normalized spacial score (nSPS) is 18.5. The first kappa shape index (κ1) is 15.0. The zero-order valence-electron chi connectivity index (χ0n) is 12.2. The molecule has 1 aliphatic heterocycles. The van der Waals surface area contributed by atoms with Gasteiger partial charge in [0, 0.05) is 12.6 Å². The lowest BCUT2D eigenvalue weighted by Gasteiger charge is -2.36. The number of rotatable bonds is 4. The highest BCUT2D eigenvalue weighted by Crippen LogP contribution is 2.39. The topological polar surface area (TPSA) is 72.9 Å². The lowest BCUT2D eigenvalue weighted by atomic mass is 9.88. The quantitative estimate of drug-likeness (QED) is 0.626. The number of esters is 1. The fourth-order valence-corrected chi connectivity index (χ4v) is 2.46. The van der Waals surface area contributed by atoms with Crippen LogP contribution in [-0.4, -0.2) is 36.4 Å². The molecule has 1 aliphatic rings. The second kappa shape index (κ2) is 5.95. The molecule has 0 spiro atoms. The van der Waals surface area contributed by atoms with E-state index in [1.807, 2.05) is 0 Å². The number of ketones is 1. The summed E-state index contributed by atoms with van der Waals surface area (Å²) in [6.45, 7) is 3.16. The van der Waals surface area contributed by atoms with Crippen LogP contribution >= 0.6 is 0 Å². The third-order valence-corrected chi connectivity index (χ3v) is 3.43. The van der Waals surface area contributed by atoms with E-state index < -0.39 is 24.0 Å². The molecule has 0 aromatic heterocycles. The van der Waals surface area contributed by atoms with Crippen molar-refractivity contribution >= 4 is 17.8 Å². The summed E-state index contributed by atoms with van der Waals surface area (Å²) in [7, 11) is 1.50. The molecule has 0 bridgehead atoms. The molecule has 0 saturated heterocycles. The van der Waals surface area contributed by atoms with Gasteiger partial charge in [-0.25, -0.2) is 4.79 Å². The van der Waals surface area contributed by atoms with E-state index in [4.69, 9.17) is 9.47 Å². The number of carbonyl (C=O) groups is 3. The van der Waals surface area contributed by atoms with Gasteiger partial charge in [-0.15, -0.1) is 0 Å². The summed E-state index contributed by atoms with van der Waals surface area (Å²) in [5.74, 6) is -1.69. The molecule has 0 radical (unpaired) electrons. The van der Waals surface area contributed by atoms with E-state index >= 15 is 0 Å². The number of hydrogen-bond acceptors (Lipinski definition) is 5. The van der Waals surface area contributed by atoms with Crippen LogP contribution in [0.1, 0.15) is 25.5 Å². The number of para-hydroxylation sites is 1. The summed E-state index contributed by atoms with van der Waals surface area (Å²) < 4.78 is 10.1. The van der Waals surface area contributed by atoms with Crippen LogP contribution in [0, 0.1) is 5.92 Å². The SMILES string of the molecule is CCOC(=O)[C@H](C(C)=O)[C@@H]1c2ccccc2OC(=O)N1C. The summed E-state index contributed by atoms with van der Waals surface area (Å²) in [5, 5.41) is 0. The molecule has 1 heterocycles. The number of Topliss-reactive ketones (excluding diaryl/α,β-unsaturated/α-hetero) is 1. The molecule has 0 fully saturated rings. The van der Waals surface area contributed by atoms with Crippen LogP contribution in [0.5, 0.6) is 5.75 Å². The molecule has 0 saturated carbocycles. The van der Waals surface area contributed by atoms with Gasteiger partial charge in [0.1, 0.15) is 17.5 Å². The van der Waals surface area contributed by atoms with Crippen molar-refractivity contribution in [2.75, 3.05) is 13.7 Å². The molecule has 2 atom stereocenters. The highest BCUT2D eigenvalue weighted by Gasteiger charge is 2.43. The molecule has 6 heteroatoms. The maximum atomic E-state index is 12.1. The largest absolute Gasteiger partial charge is 0.465 e. The summed E-state index contributed by atoms with van der Waals surface area (Å²) in [5.41, 5.74) is 0.618. The Morgan fingerprint density at radius 2 is 2.05 bits per heavy atom. The van der Waals surface area contributed by atoms with E-state index in [0.717, 1.165) is 0 Å². The number of ether oxygens (including phenoxy) is 2. The molecule has 21 heavy (non-hydrogen) atoms. The summed E-state index contributed by atoms with van der Waals surface area (Å²) in [6.07, 6.45) is -0.603. The Labute approximate surface area is 122 Å². The summed E-state index contributed by atoms with van der Waals surface area (Å²) in [4.78, 5) is 37.2. The van der Waals surface area contributed by atoms with E-state index in [0.29, 0.717) is 11.3 Å². The van der Waals surface area contributed by atoms with Crippen LogP contribution in [0.2, 0.25) is 0 Å². The van der Waals surface area contributed by atoms with E-state index in [1.165, 1.54) is 18.9 Å². The van der Waals surface area contributed by atoms with Gasteiger partial charge in [-0.3, -0.25) is 9.59 Å². The maximum absolute atomic E-state index is 12.1. The molecule has 0 unspecified atom stereocenters. The first-order chi connectivity index (χ1) is 9.97. The van der Waals surface area contributed by atoms with Crippen molar-refractivity contribution in [2.45, 2.75) is 19.9 Å². The molecule has 6 nitrogen and oxygen atoms in total. The smallest absolute Gasteiger partial charge is 0.415 e. The van der Waals surface area contributed by atoms with Gasteiger partial charge in [-0.05, 0) is 19.9 Å². The Balaban J connectivity index is 2.50. The van der Waals surface area contributed by atoms with Crippen molar-refractivity contribution in [3.05, 3.63) is 29.8 Å². The first-order valence-corrected chi connectivity index (χ1v) is 6.68. The van der Waals surface area contributed by atoms with Gasteiger partial charge in [-0.1, -0.05) is 18.2 Å². The van der Waals surface area contributed by atoms with Gasteiger partial charge in [0.2, 0.25) is 0 Å². The molecular formula is C15H17NO5. The Kier molecular flexibility index (Phi) is 4.26. The van der Waals surface area contributed by atoms with Gasteiger partial charge in [0.05, 0.1) is 12.6 Å². The minimum absolute atomic E-state index is 0.172. The van der Waals surface area contributed by atoms with E-state index in [9.17, 15) is 14.4 Å². The van der Waals surface area contributed by atoms with Crippen molar-refractivity contribution < 1.29 is 23.9 Å². The average molecular weight is 291 g/mol. The summed E-state index contributed by atoms with van der Waals surface area (Å²) >= 11 is 0. The lowest BCUT2D eigenvalue weighted by molar-refractivity contribution is -0.153. The Morgan fingerprint density at radius 3 is 2.67 bits per heavy atom. The molecule has 1 aromatic carbocycles. The molecule has 1 amide bonds. The highest BCUT2D eigenvalue weighted by atomic mass is 16.6. The number of carbonyl (C=O) groups excluding carboxylic acids is 3. The van der Waals surface area contributed by atoms with Crippen LogP contribution in [0.3, 0.4) is 0 Å². The van der Waals surface area contributed by atoms with Crippen molar-refractivity contribution in [1.82, 2.24) is 4.90 Å². The van der Waals surface area contributed by atoms with Gasteiger partial charge >= 0.3 is 12.1 Å². The molecule has 0 N–H and O–H groups in total. The van der Waals surface area contributed by atoms with Gasteiger partial charge in [-0.2, -0.15) is 0 Å². The van der Waals surface area contributed by atoms with Crippen LogP contribution in [0.4, 0.5) is 4.79 Å². The zero-order chi connectivity index (χ0) is 15.6. The third kappa shape index (κ3) is 2.74. The number of hydrogen-bond donors (Lipinski definition) is 0. The Bertz CT molecular complexity index is 583. The van der Waals surface area contributed by atoms with E-state index in [1.54, 1.807) is 31.2 Å². The lowest BCUT2D eigenvalue weighted by Crippen LogP contribution is -2.45. The zero-order valence-corrected chi connectivity index (χ0v) is 12.2. The van der Waals surface area contributed by atoms with Crippen LogP contribution < -0.4 is 4.74 Å². The second-order valence-electron chi connectivity index (χ2n) is 4.80. The van der Waals surface area contributed by atoms with Crippen LogP contribution in [-0.2, 0) is 14.3 Å². The second-order valence-corrected chi connectivity index (χ2v) is 4.80. The standard InChI is InChI=1S/C15H17NO5/c1-4-20-14(18)12(9(2)17)13-10-7-5-6-8-11(10)21-15(19)16(13)3/h5-8,12-13H,4H2,1-3H3/t12-,13+/m1/s1. The van der Waals surface area contributed by atoms with Gasteiger partial charge in [0.15, 0.2) is 0 Å². The van der Waals surface area contributed by atoms with E-state index in [2.05, 4.69) is 0 Å². The van der Waals surface area contributed by atoms with Crippen molar-refractivity contribution in [1.29, 1.82) is 0 Å². The average Bonchev–Trinajstić information content (AvgIpc) is 2.43. The highest BCUT2D eigenvalue weighted by molar-refractivity contribution is 5.99. The van der Waals surface area contributed by atoms with Crippen molar-refractivity contribution in [3.63, 3.8) is 0 Å². The van der Waals surface area contributed by atoms with Crippen LogP contribution in [0.25, 0.3) is 0 Å². The fraction of sp³-hybridized carbons (Fsp3) is 0.400. The molecule has 2 rings (SSSR count). The fourth-order valence-electron chi connectivity index (χ4n) is 2.46. The summed E-state index contributed by atoms with van der Waals surface area (Å²) in [6, 6.07) is 6.13. The molecule has 0 aliphatic carbocycles. The minimum atomic E-state index is -1.07. The maximum Gasteiger partial charge on any atom is 0.415 e. The van der Waals surface area contributed by atoms with Crippen LogP contribution in [0.15, 0.2) is 24.3 Å². The predicted octanol–water partition coefficient (Wildman–Crippen LogP) is 1.94. The number of nitrogens with zero attached hydrogens (tertiary/aromatic N) is 1.